The van der Waals surface area contributed by atoms with E-state index < -0.39 is 17.8 Å². The van der Waals surface area contributed by atoms with Crippen LogP contribution in [0, 0.1) is 5.82 Å². The summed E-state index contributed by atoms with van der Waals surface area (Å²) in [6.45, 7) is 0.111. The van der Waals surface area contributed by atoms with E-state index >= 15 is 0 Å². The Kier molecular flexibility index (Phi) is 5.08. The van der Waals surface area contributed by atoms with Crippen molar-refractivity contribution in [2.75, 3.05) is 11.6 Å². The highest BCUT2D eigenvalue weighted by Crippen LogP contribution is 2.31. The van der Waals surface area contributed by atoms with Gasteiger partial charge in [-0.2, -0.15) is 13.2 Å². The summed E-state index contributed by atoms with van der Waals surface area (Å²) >= 11 is 0.760. The Morgan fingerprint density at radius 1 is 1.31 bits per heavy atom. The molecule has 0 saturated heterocycles. The molecule has 2 N–H and O–H groups in total. The fourth-order valence-electron chi connectivity index (χ4n) is 2.40. The molecule has 0 unspecified atom stereocenters. The molecule has 0 bridgehead atoms. The first-order valence-electron chi connectivity index (χ1n) is 7.70. The van der Waals surface area contributed by atoms with E-state index in [-0.39, 0.29) is 29.4 Å². The summed E-state index contributed by atoms with van der Waals surface area (Å²) in [7, 11) is 0. The first-order valence-corrected chi connectivity index (χ1v) is 8.69. The van der Waals surface area contributed by atoms with Gasteiger partial charge >= 0.3 is 6.18 Å². The molecule has 11 heteroatoms. The number of aromatic nitrogens is 3. The third kappa shape index (κ3) is 4.09. The zero-order valence-electron chi connectivity index (χ0n) is 13.4. The molecule has 1 aliphatic rings. The average Bonchev–Trinajstić information content (AvgIpc) is 3.33. The number of nitrogens with zero attached hydrogens (tertiary/aromatic N) is 4. The summed E-state index contributed by atoms with van der Waals surface area (Å²) in [5.74, 6) is 3.11. The Hall–Kier alpha value is -2.30. The second-order valence-corrected chi connectivity index (χ2v) is 6.75. The molecule has 0 atom stereocenters. The minimum absolute atomic E-state index is 0.0178. The summed E-state index contributed by atoms with van der Waals surface area (Å²) in [5, 5.41) is 6.16. The van der Waals surface area contributed by atoms with Crippen molar-refractivity contribution in [3.63, 3.8) is 0 Å². The Bertz CT molecular complexity index is 806. The monoisotopic (exact) mass is 389 g/mol. The van der Waals surface area contributed by atoms with Gasteiger partial charge < -0.3 is 10.7 Å². The predicted octanol–water partition coefficient (Wildman–Crippen LogP) is 2.43. The number of carbonyl (C=O) groups excluding carboxylic acids is 1. The number of nitrogen functional groups attached to an aromatic ring is 1. The smallest absolute Gasteiger partial charge is 0.335 e. The highest BCUT2D eigenvalue weighted by Gasteiger charge is 2.38. The molecule has 1 fully saturated rings. The maximum Gasteiger partial charge on any atom is 0.453 e. The van der Waals surface area contributed by atoms with Crippen LogP contribution in [-0.4, -0.2) is 37.5 Å². The predicted molar refractivity (Wildman–Crippen MR) is 85.9 cm³/mol. The van der Waals surface area contributed by atoms with E-state index in [1.165, 1.54) is 11.0 Å². The van der Waals surface area contributed by atoms with Crippen LogP contribution in [0.2, 0.25) is 0 Å². The number of hydrogen-bond donors (Lipinski definition) is 1. The van der Waals surface area contributed by atoms with Gasteiger partial charge in [-0.15, -0.1) is 10.2 Å². The van der Waals surface area contributed by atoms with Gasteiger partial charge in [0.15, 0.2) is 0 Å². The van der Waals surface area contributed by atoms with Gasteiger partial charge in [-0.3, -0.25) is 4.79 Å². The summed E-state index contributed by atoms with van der Waals surface area (Å²) in [6.07, 6.45) is -3.10. The molecular weight excluding hydrogens is 374 g/mol. The largest absolute Gasteiger partial charge is 0.453 e. The van der Waals surface area contributed by atoms with E-state index in [4.69, 9.17) is 5.84 Å². The van der Waals surface area contributed by atoms with Crippen LogP contribution in [0.1, 0.15) is 24.2 Å². The van der Waals surface area contributed by atoms with E-state index in [1.54, 1.807) is 18.2 Å². The fraction of sp³-hybridized carbons (Fsp3) is 0.400. The standard InChI is InChI=1S/C15H15F4N5OS/c16-11-4-2-1-3-9(11)7-23(10-5-6-10)12(25)8-26-14-22-21-13(24(14)20)15(17,18)19/h1-4,10H,5-8,20H2. The molecular formula is C15H15F4N5OS. The van der Waals surface area contributed by atoms with Crippen molar-refractivity contribution in [2.24, 2.45) is 0 Å². The number of halogens is 4. The maximum atomic E-state index is 13.8. The Labute approximate surface area is 150 Å². The van der Waals surface area contributed by atoms with Gasteiger partial charge in [0.2, 0.25) is 11.1 Å². The molecule has 6 nitrogen and oxygen atoms in total. The van der Waals surface area contributed by atoms with Crippen molar-refractivity contribution >= 4 is 17.7 Å². The molecule has 1 amide bonds. The normalized spacial score (nSPS) is 14.5. The molecule has 1 aromatic carbocycles. The molecule has 1 aromatic heterocycles. The Morgan fingerprint density at radius 2 is 2.00 bits per heavy atom. The van der Waals surface area contributed by atoms with Crippen molar-refractivity contribution in [1.29, 1.82) is 0 Å². The average molecular weight is 389 g/mol. The minimum atomic E-state index is -4.73. The number of amides is 1. The van der Waals surface area contributed by atoms with Crippen LogP contribution in [0.3, 0.4) is 0 Å². The van der Waals surface area contributed by atoms with E-state index in [1.807, 2.05) is 0 Å². The minimum Gasteiger partial charge on any atom is -0.335 e. The van der Waals surface area contributed by atoms with E-state index in [0.29, 0.717) is 10.2 Å². The summed E-state index contributed by atoms with van der Waals surface area (Å²) in [6, 6.07) is 6.17. The number of alkyl halides is 3. The first-order chi connectivity index (χ1) is 12.3. The van der Waals surface area contributed by atoms with Gasteiger partial charge in [-0.05, 0) is 18.9 Å². The van der Waals surface area contributed by atoms with Gasteiger partial charge in [-0.25, -0.2) is 9.07 Å². The number of rotatable bonds is 6. The van der Waals surface area contributed by atoms with E-state index in [0.717, 1.165) is 24.6 Å². The maximum absolute atomic E-state index is 13.8. The van der Waals surface area contributed by atoms with Crippen molar-refractivity contribution in [1.82, 2.24) is 19.8 Å². The van der Waals surface area contributed by atoms with Gasteiger partial charge in [0.25, 0.3) is 5.82 Å². The van der Waals surface area contributed by atoms with Crippen molar-refractivity contribution in [3.8, 4) is 0 Å². The molecule has 1 heterocycles. The van der Waals surface area contributed by atoms with Gasteiger partial charge in [0, 0.05) is 18.2 Å². The van der Waals surface area contributed by atoms with Crippen LogP contribution >= 0.6 is 11.8 Å². The zero-order chi connectivity index (χ0) is 18.9. The van der Waals surface area contributed by atoms with Crippen LogP contribution in [0.15, 0.2) is 29.4 Å². The lowest BCUT2D eigenvalue weighted by atomic mass is 10.2. The third-order valence-electron chi connectivity index (χ3n) is 3.85. The number of thioether (sulfide) groups is 1. The van der Waals surface area contributed by atoms with E-state index in [2.05, 4.69) is 10.2 Å². The molecule has 0 spiro atoms. The molecule has 2 aromatic rings. The highest BCUT2D eigenvalue weighted by molar-refractivity contribution is 7.99. The molecule has 140 valence electrons. The zero-order valence-corrected chi connectivity index (χ0v) is 14.2. The van der Waals surface area contributed by atoms with Crippen LogP contribution in [0.25, 0.3) is 0 Å². The molecule has 26 heavy (non-hydrogen) atoms. The van der Waals surface area contributed by atoms with Gasteiger partial charge in [0.05, 0.1) is 5.75 Å². The lowest BCUT2D eigenvalue weighted by Crippen LogP contribution is -2.34. The second kappa shape index (κ2) is 7.14. The van der Waals surface area contributed by atoms with Crippen LogP contribution < -0.4 is 5.84 Å². The highest BCUT2D eigenvalue weighted by atomic mass is 32.2. The lowest BCUT2D eigenvalue weighted by molar-refractivity contribution is -0.146. The number of benzene rings is 1. The van der Waals surface area contributed by atoms with Crippen molar-refractivity contribution in [2.45, 2.75) is 36.8 Å². The first kappa shape index (κ1) is 18.5. The lowest BCUT2D eigenvalue weighted by Gasteiger charge is -2.22. The number of carbonyl (C=O) groups is 1. The van der Waals surface area contributed by atoms with Gasteiger partial charge in [0.1, 0.15) is 5.82 Å². The van der Waals surface area contributed by atoms with Crippen LogP contribution in [0.4, 0.5) is 17.6 Å². The molecule has 0 aliphatic heterocycles. The second-order valence-electron chi connectivity index (χ2n) is 5.81. The van der Waals surface area contributed by atoms with Crippen molar-refractivity contribution < 1.29 is 22.4 Å². The summed E-state index contributed by atoms with van der Waals surface area (Å²) in [5.41, 5.74) is 0.388. The van der Waals surface area contributed by atoms with Crippen LogP contribution in [-0.2, 0) is 17.5 Å². The van der Waals surface area contributed by atoms with E-state index in [9.17, 15) is 22.4 Å². The SMILES string of the molecule is Nn1c(SCC(=O)N(Cc2ccccc2F)C2CC2)nnc1C(F)(F)F. The third-order valence-corrected chi connectivity index (χ3v) is 4.78. The number of hydrogen-bond acceptors (Lipinski definition) is 5. The van der Waals surface area contributed by atoms with Crippen molar-refractivity contribution in [3.05, 3.63) is 41.5 Å². The number of nitrogens with two attached hydrogens (primary N) is 1. The molecule has 1 aliphatic carbocycles. The van der Waals surface area contributed by atoms with Crippen LogP contribution in [0.5, 0.6) is 0 Å². The fourth-order valence-corrected chi connectivity index (χ4v) is 3.14. The van der Waals surface area contributed by atoms with Gasteiger partial charge in [-0.1, -0.05) is 30.0 Å². The quantitative estimate of drug-likeness (QED) is 0.467. The Balaban J connectivity index is 1.66. The summed E-state index contributed by atoms with van der Waals surface area (Å²) < 4.78 is 52.1. The molecule has 0 radical (unpaired) electrons. The molecule has 1 saturated carbocycles. The molecule has 3 rings (SSSR count). The summed E-state index contributed by atoms with van der Waals surface area (Å²) in [4.78, 5) is 14.0. The Morgan fingerprint density at radius 3 is 2.58 bits per heavy atom. The topological polar surface area (TPSA) is 77.0 Å².